The number of methoxy groups -OCH3 is 1. The second kappa shape index (κ2) is 5.05. The van der Waals surface area contributed by atoms with Crippen LogP contribution in [0.5, 0.6) is 5.75 Å². The fraction of sp³-hybridized carbons (Fsp3) is 0.278. The predicted octanol–water partition coefficient (Wildman–Crippen LogP) is 3.56. The summed E-state index contributed by atoms with van der Waals surface area (Å²) in [6, 6.07) is 11.2. The van der Waals surface area contributed by atoms with Crippen molar-refractivity contribution in [3.63, 3.8) is 0 Å². The number of nitrogens with zero attached hydrogens (tertiary/aromatic N) is 1. The Morgan fingerprint density at radius 1 is 1.00 bits per heavy atom. The summed E-state index contributed by atoms with van der Waals surface area (Å²) in [4.78, 5) is 15.3. The molecule has 1 saturated heterocycles. The maximum atomic E-state index is 13.1. The van der Waals surface area contributed by atoms with E-state index in [4.69, 9.17) is 9.15 Å². The van der Waals surface area contributed by atoms with Crippen LogP contribution in [0.3, 0.4) is 0 Å². The van der Waals surface area contributed by atoms with Crippen LogP contribution in [0.15, 0.2) is 45.6 Å². The Kier molecular flexibility index (Phi) is 3.03. The second-order valence-electron chi connectivity index (χ2n) is 5.61. The first kappa shape index (κ1) is 13.2. The second-order valence-corrected chi connectivity index (χ2v) is 5.61. The van der Waals surface area contributed by atoms with E-state index in [0.717, 1.165) is 18.8 Å². The molecule has 0 amide bonds. The minimum absolute atomic E-state index is 0.0174. The lowest BCUT2D eigenvalue weighted by molar-refractivity contribution is 0.419. The van der Waals surface area contributed by atoms with E-state index in [1.54, 1.807) is 19.2 Å². The van der Waals surface area contributed by atoms with Gasteiger partial charge in [-0.2, -0.15) is 0 Å². The van der Waals surface area contributed by atoms with Gasteiger partial charge in [-0.15, -0.1) is 0 Å². The predicted molar refractivity (Wildman–Crippen MR) is 88.0 cm³/mol. The Balaban J connectivity index is 2.12. The lowest BCUT2D eigenvalue weighted by Crippen LogP contribution is -2.20. The van der Waals surface area contributed by atoms with Crippen molar-refractivity contribution in [2.75, 3.05) is 25.1 Å². The van der Waals surface area contributed by atoms with E-state index in [1.165, 1.54) is 12.8 Å². The lowest BCUT2D eigenvalue weighted by Gasteiger charge is -2.19. The number of ether oxygens (including phenoxy) is 1. The molecule has 2 aromatic carbocycles. The van der Waals surface area contributed by atoms with Gasteiger partial charge < -0.3 is 14.1 Å². The molecule has 4 rings (SSSR count). The highest BCUT2D eigenvalue weighted by Crippen LogP contribution is 2.31. The van der Waals surface area contributed by atoms with Crippen LogP contribution in [0, 0.1) is 0 Å². The van der Waals surface area contributed by atoms with Crippen molar-refractivity contribution in [2.24, 2.45) is 0 Å². The van der Waals surface area contributed by atoms with Crippen molar-refractivity contribution < 1.29 is 9.15 Å². The van der Waals surface area contributed by atoms with Gasteiger partial charge in [0.25, 0.3) is 0 Å². The molecule has 2 heterocycles. The van der Waals surface area contributed by atoms with E-state index in [0.29, 0.717) is 27.7 Å². The monoisotopic (exact) mass is 295 g/mol. The number of hydrogen-bond donors (Lipinski definition) is 0. The Bertz CT molecular complexity index is 907. The number of fused-ring (bicyclic) bond motifs is 2. The fourth-order valence-electron chi connectivity index (χ4n) is 3.29. The average Bonchev–Trinajstić information content (AvgIpc) is 3.08. The van der Waals surface area contributed by atoms with Crippen LogP contribution in [0.4, 0.5) is 5.69 Å². The molecule has 1 fully saturated rings. The van der Waals surface area contributed by atoms with Crippen molar-refractivity contribution in [3.05, 3.63) is 46.6 Å². The van der Waals surface area contributed by atoms with E-state index in [-0.39, 0.29) is 5.43 Å². The summed E-state index contributed by atoms with van der Waals surface area (Å²) >= 11 is 0. The SMILES string of the molecule is COc1cccc2oc3cccc(N4CCCC4)c3c(=O)c12. The lowest BCUT2D eigenvalue weighted by atomic mass is 10.1. The highest BCUT2D eigenvalue weighted by Gasteiger charge is 2.19. The molecule has 112 valence electrons. The molecule has 3 aromatic rings. The minimum Gasteiger partial charge on any atom is -0.496 e. The molecule has 4 nitrogen and oxygen atoms in total. The van der Waals surface area contributed by atoms with Crippen molar-refractivity contribution in [1.29, 1.82) is 0 Å². The first-order valence-electron chi connectivity index (χ1n) is 7.57. The summed E-state index contributed by atoms with van der Waals surface area (Å²) in [6.45, 7) is 1.98. The Hall–Kier alpha value is -2.49. The maximum absolute atomic E-state index is 13.1. The molecule has 0 saturated carbocycles. The van der Waals surface area contributed by atoms with Crippen molar-refractivity contribution in [1.82, 2.24) is 0 Å². The Labute approximate surface area is 127 Å². The fourth-order valence-corrected chi connectivity index (χ4v) is 3.29. The van der Waals surface area contributed by atoms with Crippen LogP contribution >= 0.6 is 0 Å². The van der Waals surface area contributed by atoms with Crippen LogP contribution in [0.2, 0.25) is 0 Å². The first-order chi connectivity index (χ1) is 10.8. The summed E-state index contributed by atoms with van der Waals surface area (Å²) in [6.07, 6.45) is 2.33. The average molecular weight is 295 g/mol. The zero-order valence-corrected chi connectivity index (χ0v) is 12.5. The van der Waals surface area contributed by atoms with Gasteiger partial charge in [0.15, 0.2) is 0 Å². The largest absolute Gasteiger partial charge is 0.496 e. The van der Waals surface area contributed by atoms with Crippen LogP contribution in [-0.2, 0) is 0 Å². The van der Waals surface area contributed by atoms with Crippen molar-refractivity contribution >= 4 is 27.6 Å². The third-order valence-electron chi connectivity index (χ3n) is 4.33. The number of rotatable bonds is 2. The molecule has 1 aliphatic heterocycles. The van der Waals surface area contributed by atoms with Gasteiger partial charge >= 0.3 is 0 Å². The summed E-state index contributed by atoms with van der Waals surface area (Å²) in [5.41, 5.74) is 2.15. The van der Waals surface area contributed by atoms with E-state index < -0.39 is 0 Å². The van der Waals surface area contributed by atoms with E-state index >= 15 is 0 Å². The molecule has 1 aromatic heterocycles. The van der Waals surface area contributed by atoms with Crippen LogP contribution in [-0.4, -0.2) is 20.2 Å². The zero-order valence-electron chi connectivity index (χ0n) is 12.5. The molecule has 0 unspecified atom stereocenters. The molecule has 0 N–H and O–H groups in total. The maximum Gasteiger partial charge on any atom is 0.206 e. The summed E-state index contributed by atoms with van der Waals surface area (Å²) in [5, 5.41) is 1.17. The van der Waals surface area contributed by atoms with Gasteiger partial charge in [0.2, 0.25) is 5.43 Å². The zero-order chi connectivity index (χ0) is 15.1. The van der Waals surface area contributed by atoms with Gasteiger partial charge in [-0.1, -0.05) is 12.1 Å². The molecule has 1 aliphatic rings. The summed E-state index contributed by atoms with van der Waals surface area (Å²) < 4.78 is 11.3. The molecule has 0 atom stereocenters. The van der Waals surface area contributed by atoms with Gasteiger partial charge in [0.05, 0.1) is 18.2 Å². The van der Waals surface area contributed by atoms with Gasteiger partial charge in [0, 0.05) is 13.1 Å². The molecular formula is C18H17NO3. The van der Waals surface area contributed by atoms with Crippen molar-refractivity contribution in [2.45, 2.75) is 12.8 Å². The van der Waals surface area contributed by atoms with E-state index in [9.17, 15) is 4.79 Å². The summed E-state index contributed by atoms with van der Waals surface area (Å²) in [5.74, 6) is 0.560. The van der Waals surface area contributed by atoms with E-state index in [2.05, 4.69) is 4.90 Å². The Morgan fingerprint density at radius 2 is 1.68 bits per heavy atom. The third-order valence-corrected chi connectivity index (χ3v) is 4.33. The first-order valence-corrected chi connectivity index (χ1v) is 7.57. The molecule has 0 spiro atoms. The summed E-state index contributed by atoms with van der Waals surface area (Å²) in [7, 11) is 1.57. The molecule has 4 heteroatoms. The topological polar surface area (TPSA) is 42.7 Å². The molecule has 0 aliphatic carbocycles. The molecular weight excluding hydrogens is 278 g/mol. The standard InChI is InChI=1S/C18H17NO3/c1-21-13-7-5-9-15-17(13)18(20)16-12(19-10-2-3-11-19)6-4-8-14(16)22-15/h4-9H,2-3,10-11H2,1H3. The highest BCUT2D eigenvalue weighted by atomic mass is 16.5. The Morgan fingerprint density at radius 3 is 2.41 bits per heavy atom. The molecule has 0 bridgehead atoms. The van der Waals surface area contributed by atoms with Crippen LogP contribution < -0.4 is 15.1 Å². The third kappa shape index (κ3) is 1.87. The smallest absolute Gasteiger partial charge is 0.206 e. The minimum atomic E-state index is -0.0174. The van der Waals surface area contributed by atoms with Crippen LogP contribution in [0.1, 0.15) is 12.8 Å². The quantitative estimate of drug-likeness (QED) is 0.678. The van der Waals surface area contributed by atoms with Gasteiger partial charge in [-0.05, 0) is 37.1 Å². The normalized spacial score (nSPS) is 14.9. The number of hydrogen-bond acceptors (Lipinski definition) is 4. The van der Waals surface area contributed by atoms with Crippen LogP contribution in [0.25, 0.3) is 21.9 Å². The molecule has 0 radical (unpaired) electrons. The van der Waals surface area contributed by atoms with E-state index in [1.807, 2.05) is 24.3 Å². The van der Waals surface area contributed by atoms with Gasteiger partial charge in [0.1, 0.15) is 22.3 Å². The van der Waals surface area contributed by atoms with Gasteiger partial charge in [-0.25, -0.2) is 0 Å². The number of anilines is 1. The highest BCUT2D eigenvalue weighted by molar-refractivity contribution is 5.99. The number of benzene rings is 2. The molecule has 22 heavy (non-hydrogen) atoms. The van der Waals surface area contributed by atoms with Gasteiger partial charge in [-0.3, -0.25) is 4.79 Å². The van der Waals surface area contributed by atoms with Crippen molar-refractivity contribution in [3.8, 4) is 5.75 Å².